The highest BCUT2D eigenvalue weighted by Crippen LogP contribution is 2.30. The zero-order chi connectivity index (χ0) is 13.9. The first-order valence-corrected chi connectivity index (χ1v) is 5.12. The molecule has 18 heavy (non-hydrogen) atoms. The number of hydrogen-bond acceptors (Lipinski definition) is 5. The van der Waals surface area contributed by atoms with E-state index in [0.29, 0.717) is 13.1 Å². The first-order valence-electron chi connectivity index (χ1n) is 5.12. The zero-order valence-electron chi connectivity index (χ0n) is 9.71. The van der Waals surface area contributed by atoms with Crippen molar-refractivity contribution in [3.63, 3.8) is 0 Å². The van der Waals surface area contributed by atoms with Crippen LogP contribution in [0.1, 0.15) is 25.1 Å². The summed E-state index contributed by atoms with van der Waals surface area (Å²) >= 11 is 0. The molecule has 0 aromatic carbocycles. The summed E-state index contributed by atoms with van der Waals surface area (Å²) in [6, 6.07) is 0.731. The van der Waals surface area contributed by atoms with E-state index in [1.807, 2.05) is 0 Å². The molecular weight excluding hydrogens is 251 g/mol. The molecule has 0 bridgehead atoms. The molecule has 0 unspecified atom stereocenters. The molecule has 0 aliphatic rings. The van der Waals surface area contributed by atoms with Gasteiger partial charge in [-0.25, -0.2) is 4.79 Å². The van der Waals surface area contributed by atoms with Crippen LogP contribution < -0.4 is 10.5 Å². The fourth-order valence-corrected chi connectivity index (χ4v) is 1.34. The number of rotatable bonds is 3. The van der Waals surface area contributed by atoms with Gasteiger partial charge in [0, 0.05) is 13.1 Å². The van der Waals surface area contributed by atoms with Gasteiger partial charge in [0.15, 0.2) is 11.3 Å². The molecule has 0 N–H and O–H groups in total. The molecule has 1 aromatic heterocycles. The highest BCUT2D eigenvalue weighted by Gasteiger charge is 2.38. The normalized spacial score (nSPS) is 11.1. The first kappa shape index (κ1) is 14.0. The third-order valence-corrected chi connectivity index (χ3v) is 2.25. The van der Waals surface area contributed by atoms with Crippen LogP contribution >= 0.6 is 0 Å². The van der Waals surface area contributed by atoms with Crippen LogP contribution in [0.15, 0.2) is 9.21 Å². The second-order valence-electron chi connectivity index (χ2n) is 3.29. The maximum atomic E-state index is 12.7. The van der Waals surface area contributed by atoms with Gasteiger partial charge >= 0.3 is 17.8 Å². The van der Waals surface area contributed by atoms with Gasteiger partial charge in [-0.05, 0) is 13.8 Å². The van der Waals surface area contributed by atoms with Gasteiger partial charge in [-0.3, -0.25) is 0 Å². The molecule has 0 saturated heterocycles. The van der Waals surface area contributed by atoms with Crippen molar-refractivity contribution in [3.05, 3.63) is 21.7 Å². The molecule has 0 atom stereocenters. The standard InChI is InChI=1S/C10H10F3N3O2/c1-3-16(4-2)9-15-7(10(11,12)13)6(5-14)8(17)18-9/h3-4H2,1-2H3. The van der Waals surface area contributed by atoms with Crippen molar-refractivity contribution in [3.8, 4) is 6.07 Å². The molecule has 0 amide bonds. The van der Waals surface area contributed by atoms with Crippen molar-refractivity contribution in [2.24, 2.45) is 0 Å². The molecule has 8 heteroatoms. The Bertz CT molecular complexity index is 527. The molecule has 0 saturated carbocycles. The molecule has 98 valence electrons. The minimum atomic E-state index is -4.87. The molecule has 0 aliphatic heterocycles. The van der Waals surface area contributed by atoms with Gasteiger partial charge in [-0.1, -0.05) is 0 Å². The van der Waals surface area contributed by atoms with Gasteiger partial charge in [0.1, 0.15) is 6.07 Å². The molecule has 5 nitrogen and oxygen atoms in total. The van der Waals surface area contributed by atoms with Crippen LogP contribution in [-0.2, 0) is 6.18 Å². The lowest BCUT2D eigenvalue weighted by Crippen LogP contribution is -2.27. The second kappa shape index (κ2) is 5.08. The SMILES string of the molecule is CCN(CC)c1nc(C(F)(F)F)c(C#N)c(=O)o1. The number of aromatic nitrogens is 1. The summed E-state index contributed by atoms with van der Waals surface area (Å²) in [6.07, 6.45) is -4.87. The number of halogens is 3. The highest BCUT2D eigenvalue weighted by atomic mass is 19.4. The molecule has 1 rings (SSSR count). The Balaban J connectivity index is 3.51. The van der Waals surface area contributed by atoms with Crippen LogP contribution in [0.5, 0.6) is 0 Å². The largest absolute Gasteiger partial charge is 0.435 e. The lowest BCUT2D eigenvalue weighted by Gasteiger charge is -2.18. The molecule has 0 radical (unpaired) electrons. The minimum Gasteiger partial charge on any atom is -0.388 e. The quantitative estimate of drug-likeness (QED) is 0.829. The van der Waals surface area contributed by atoms with Crippen molar-refractivity contribution in [1.29, 1.82) is 5.26 Å². The van der Waals surface area contributed by atoms with Crippen LogP contribution in [0.2, 0.25) is 0 Å². The highest BCUT2D eigenvalue weighted by molar-refractivity contribution is 5.36. The number of hydrogen-bond donors (Lipinski definition) is 0. The maximum absolute atomic E-state index is 12.7. The van der Waals surface area contributed by atoms with E-state index in [4.69, 9.17) is 5.26 Å². The number of nitriles is 1. The van der Waals surface area contributed by atoms with E-state index < -0.39 is 29.1 Å². The van der Waals surface area contributed by atoms with Gasteiger partial charge in [0.05, 0.1) is 0 Å². The predicted molar refractivity (Wildman–Crippen MR) is 56.1 cm³/mol. The van der Waals surface area contributed by atoms with E-state index in [1.165, 1.54) is 11.0 Å². The third kappa shape index (κ3) is 2.61. The summed E-state index contributed by atoms with van der Waals surface area (Å²) in [6.45, 7) is 4.01. The van der Waals surface area contributed by atoms with Gasteiger partial charge in [-0.2, -0.15) is 23.4 Å². The summed E-state index contributed by atoms with van der Waals surface area (Å²) in [4.78, 5) is 15.9. The molecule has 0 spiro atoms. The van der Waals surface area contributed by atoms with Crippen molar-refractivity contribution in [2.75, 3.05) is 18.0 Å². The minimum absolute atomic E-state index is 0.329. The maximum Gasteiger partial charge on any atom is 0.435 e. The Morgan fingerprint density at radius 1 is 1.39 bits per heavy atom. The van der Waals surface area contributed by atoms with E-state index in [9.17, 15) is 18.0 Å². The van der Waals surface area contributed by atoms with Crippen molar-refractivity contribution in [1.82, 2.24) is 4.98 Å². The van der Waals surface area contributed by atoms with E-state index in [-0.39, 0.29) is 0 Å². The van der Waals surface area contributed by atoms with Gasteiger partial charge in [0.25, 0.3) is 0 Å². The van der Waals surface area contributed by atoms with Gasteiger partial charge < -0.3 is 9.32 Å². The Morgan fingerprint density at radius 3 is 2.33 bits per heavy atom. The Hall–Kier alpha value is -2.04. The third-order valence-electron chi connectivity index (χ3n) is 2.25. The van der Waals surface area contributed by atoms with Crippen LogP contribution in [0, 0.1) is 11.3 Å². The summed E-state index contributed by atoms with van der Waals surface area (Å²) in [7, 11) is 0. The van der Waals surface area contributed by atoms with Crippen molar-refractivity contribution in [2.45, 2.75) is 20.0 Å². The van der Waals surface area contributed by atoms with Crippen LogP contribution in [0.3, 0.4) is 0 Å². The number of anilines is 1. The van der Waals surface area contributed by atoms with Gasteiger partial charge in [0.2, 0.25) is 0 Å². The average Bonchev–Trinajstić information content (AvgIpc) is 2.28. The second-order valence-corrected chi connectivity index (χ2v) is 3.29. The molecular formula is C10H10F3N3O2. The Morgan fingerprint density at radius 2 is 1.94 bits per heavy atom. The van der Waals surface area contributed by atoms with Gasteiger partial charge in [-0.15, -0.1) is 0 Å². The first-order chi connectivity index (χ1) is 8.35. The summed E-state index contributed by atoms with van der Waals surface area (Å²) in [5.41, 5.74) is -3.97. The van der Waals surface area contributed by atoms with Crippen molar-refractivity contribution < 1.29 is 17.6 Å². The molecule has 1 heterocycles. The fraction of sp³-hybridized carbons (Fsp3) is 0.500. The monoisotopic (exact) mass is 261 g/mol. The predicted octanol–water partition coefficient (Wildman–Crippen LogP) is 1.77. The van der Waals surface area contributed by atoms with Crippen LogP contribution in [-0.4, -0.2) is 18.1 Å². The average molecular weight is 261 g/mol. The molecule has 0 fully saturated rings. The summed E-state index contributed by atoms with van der Waals surface area (Å²) in [5, 5.41) is 8.54. The van der Waals surface area contributed by atoms with E-state index in [2.05, 4.69) is 9.40 Å². The summed E-state index contributed by atoms with van der Waals surface area (Å²) in [5.74, 6) is 0. The Labute approximate surface area is 100 Å². The van der Waals surface area contributed by atoms with Crippen molar-refractivity contribution >= 4 is 6.01 Å². The molecule has 0 aliphatic carbocycles. The smallest absolute Gasteiger partial charge is 0.388 e. The number of alkyl halides is 3. The van der Waals surface area contributed by atoms with E-state index >= 15 is 0 Å². The molecule has 1 aromatic rings. The van der Waals surface area contributed by atoms with E-state index in [0.717, 1.165) is 0 Å². The van der Waals surface area contributed by atoms with Crippen LogP contribution in [0.25, 0.3) is 0 Å². The topological polar surface area (TPSA) is 70.1 Å². The number of nitrogens with zero attached hydrogens (tertiary/aromatic N) is 3. The van der Waals surface area contributed by atoms with E-state index in [1.54, 1.807) is 13.8 Å². The Kier molecular flexibility index (Phi) is 3.96. The summed E-state index contributed by atoms with van der Waals surface area (Å²) < 4.78 is 42.6. The lowest BCUT2D eigenvalue weighted by atomic mass is 10.2. The fourth-order valence-electron chi connectivity index (χ4n) is 1.34. The lowest BCUT2D eigenvalue weighted by molar-refractivity contribution is -0.141. The van der Waals surface area contributed by atoms with Crippen LogP contribution in [0.4, 0.5) is 19.2 Å². The zero-order valence-corrected chi connectivity index (χ0v) is 9.71.